The molecule has 0 fully saturated rings. The molecule has 0 radical (unpaired) electrons. The predicted octanol–water partition coefficient (Wildman–Crippen LogP) is 3.15. The van der Waals surface area contributed by atoms with E-state index in [0.717, 1.165) is 10.6 Å². The van der Waals surface area contributed by atoms with Gasteiger partial charge in [-0.25, -0.2) is 8.42 Å². The van der Waals surface area contributed by atoms with Crippen molar-refractivity contribution in [3.05, 3.63) is 47.5 Å². The average molecular weight is 413 g/mol. The van der Waals surface area contributed by atoms with E-state index in [2.05, 4.69) is 5.32 Å². The minimum Gasteiger partial charge on any atom is -0.495 e. The molecule has 0 spiro atoms. The summed E-state index contributed by atoms with van der Waals surface area (Å²) in [6, 6.07) is 11.3. The van der Waals surface area contributed by atoms with Gasteiger partial charge < -0.3 is 14.8 Å². The molecule has 2 aromatic rings. The lowest BCUT2D eigenvalue weighted by atomic mass is 10.2. The Bertz CT molecular complexity index is 916. The predicted molar refractivity (Wildman–Crippen MR) is 106 cm³/mol. The molecule has 0 aromatic heterocycles. The molecular formula is C18H21ClN2O5S. The Morgan fingerprint density at radius 1 is 1.19 bits per heavy atom. The first-order valence-electron chi connectivity index (χ1n) is 7.97. The smallest absolute Gasteiger partial charge is 0.265 e. The lowest BCUT2D eigenvalue weighted by Gasteiger charge is -2.18. The number of nitrogens with zero attached hydrogens (tertiary/aromatic N) is 1. The fourth-order valence-electron chi connectivity index (χ4n) is 2.17. The van der Waals surface area contributed by atoms with Crippen molar-refractivity contribution in [1.82, 2.24) is 0 Å². The fraction of sp³-hybridized carbons (Fsp3) is 0.278. The van der Waals surface area contributed by atoms with E-state index in [1.54, 1.807) is 49.4 Å². The summed E-state index contributed by atoms with van der Waals surface area (Å²) in [5.74, 6) is 0.600. The molecule has 0 unspecified atom stereocenters. The van der Waals surface area contributed by atoms with Gasteiger partial charge in [-0.05, 0) is 49.4 Å². The summed E-state index contributed by atoms with van der Waals surface area (Å²) in [7, 11) is -0.372. The Morgan fingerprint density at radius 3 is 2.33 bits per heavy atom. The van der Waals surface area contributed by atoms with Crippen LogP contribution < -0.4 is 19.1 Å². The summed E-state index contributed by atoms with van der Waals surface area (Å²) in [6.45, 7) is 1.61. The Labute approximate surface area is 163 Å². The van der Waals surface area contributed by atoms with Gasteiger partial charge in [-0.2, -0.15) is 0 Å². The van der Waals surface area contributed by atoms with Gasteiger partial charge in [0.05, 0.1) is 24.1 Å². The first-order chi connectivity index (χ1) is 12.6. The van der Waals surface area contributed by atoms with Gasteiger partial charge in [-0.3, -0.25) is 9.10 Å². The zero-order valence-electron chi connectivity index (χ0n) is 15.4. The molecular weight excluding hydrogens is 392 g/mol. The van der Waals surface area contributed by atoms with Crippen LogP contribution in [0.25, 0.3) is 0 Å². The zero-order chi connectivity index (χ0) is 20.2. The summed E-state index contributed by atoms with van der Waals surface area (Å²) in [4.78, 5) is 12.3. The van der Waals surface area contributed by atoms with Crippen LogP contribution in [0.5, 0.6) is 11.5 Å². The molecule has 0 saturated carbocycles. The number of rotatable bonds is 7. The monoisotopic (exact) mass is 412 g/mol. The number of benzene rings is 2. The van der Waals surface area contributed by atoms with Crippen molar-refractivity contribution in [3.63, 3.8) is 0 Å². The van der Waals surface area contributed by atoms with Crippen LogP contribution in [-0.4, -0.2) is 40.8 Å². The molecule has 2 aromatic carbocycles. The number of carbonyl (C=O) groups excluding carboxylic acids is 1. The van der Waals surface area contributed by atoms with Crippen LogP contribution in [0.3, 0.4) is 0 Å². The Hall–Kier alpha value is -2.45. The molecule has 0 bridgehead atoms. The maximum atomic E-state index is 12.3. The van der Waals surface area contributed by atoms with Gasteiger partial charge in [-0.15, -0.1) is 0 Å². The minimum absolute atomic E-state index is 0.353. The second kappa shape index (κ2) is 8.49. The van der Waals surface area contributed by atoms with E-state index < -0.39 is 16.1 Å². The van der Waals surface area contributed by atoms with E-state index in [9.17, 15) is 13.2 Å². The van der Waals surface area contributed by atoms with Gasteiger partial charge in [0, 0.05) is 12.7 Å². The summed E-state index contributed by atoms with van der Waals surface area (Å²) in [5.41, 5.74) is 1.02. The van der Waals surface area contributed by atoms with Crippen molar-refractivity contribution in [3.8, 4) is 11.5 Å². The number of ether oxygens (including phenoxy) is 2. The van der Waals surface area contributed by atoms with Crippen LogP contribution in [0.4, 0.5) is 11.4 Å². The standard InChI is InChI=1S/C18H21ClN2O5S/c1-12(18(22)20-13-5-10-17(25-3)16(19)11-13)26-15-8-6-14(7-9-15)21(2)27(4,23)24/h5-12H,1-4H3,(H,20,22)/t12-/m0/s1. The highest BCUT2D eigenvalue weighted by atomic mass is 35.5. The van der Waals surface area contributed by atoms with Crippen molar-refractivity contribution in [2.45, 2.75) is 13.0 Å². The molecule has 0 heterocycles. The van der Waals surface area contributed by atoms with Crippen molar-refractivity contribution in [2.75, 3.05) is 30.0 Å². The summed E-state index contributed by atoms with van der Waals surface area (Å²) < 4.78 is 34.9. The number of nitrogens with one attached hydrogen (secondary N) is 1. The van der Waals surface area contributed by atoms with Crippen molar-refractivity contribution < 1.29 is 22.7 Å². The Morgan fingerprint density at radius 2 is 1.81 bits per heavy atom. The highest BCUT2D eigenvalue weighted by Crippen LogP contribution is 2.27. The normalized spacial score (nSPS) is 12.2. The van der Waals surface area contributed by atoms with Crippen LogP contribution in [0, 0.1) is 0 Å². The topological polar surface area (TPSA) is 84.9 Å². The van der Waals surface area contributed by atoms with Crippen LogP contribution in [0.2, 0.25) is 5.02 Å². The fourth-order valence-corrected chi connectivity index (χ4v) is 2.93. The van der Waals surface area contributed by atoms with E-state index in [1.165, 1.54) is 14.2 Å². The third-order valence-electron chi connectivity index (χ3n) is 3.80. The van der Waals surface area contributed by atoms with Crippen LogP contribution in [0.15, 0.2) is 42.5 Å². The largest absolute Gasteiger partial charge is 0.495 e. The van der Waals surface area contributed by atoms with Crippen LogP contribution in [0.1, 0.15) is 6.92 Å². The van der Waals surface area contributed by atoms with Gasteiger partial charge in [0.25, 0.3) is 5.91 Å². The van der Waals surface area contributed by atoms with Gasteiger partial charge in [-0.1, -0.05) is 11.6 Å². The first-order valence-corrected chi connectivity index (χ1v) is 10.2. The third-order valence-corrected chi connectivity index (χ3v) is 5.30. The zero-order valence-corrected chi connectivity index (χ0v) is 17.0. The quantitative estimate of drug-likeness (QED) is 0.755. The summed E-state index contributed by atoms with van der Waals surface area (Å²) >= 11 is 6.04. The first kappa shape index (κ1) is 20.9. The van der Waals surface area contributed by atoms with Gasteiger partial charge >= 0.3 is 0 Å². The highest BCUT2D eigenvalue weighted by Gasteiger charge is 2.16. The van der Waals surface area contributed by atoms with E-state index in [0.29, 0.717) is 27.9 Å². The molecule has 1 amide bonds. The average Bonchev–Trinajstić information content (AvgIpc) is 2.61. The number of hydrogen-bond acceptors (Lipinski definition) is 5. The minimum atomic E-state index is -3.34. The maximum absolute atomic E-state index is 12.3. The molecule has 27 heavy (non-hydrogen) atoms. The highest BCUT2D eigenvalue weighted by molar-refractivity contribution is 7.92. The molecule has 0 aliphatic carbocycles. The number of carbonyl (C=O) groups is 1. The number of methoxy groups -OCH3 is 1. The SMILES string of the molecule is COc1ccc(NC(=O)[C@H](C)Oc2ccc(N(C)S(C)(=O)=O)cc2)cc1Cl. The Kier molecular flexibility index (Phi) is 6.56. The van der Waals surface area contributed by atoms with Crippen molar-refractivity contribution in [2.24, 2.45) is 0 Å². The van der Waals surface area contributed by atoms with E-state index in [1.807, 2.05) is 0 Å². The number of sulfonamides is 1. The number of anilines is 2. The van der Waals surface area contributed by atoms with Gasteiger partial charge in [0.15, 0.2) is 6.10 Å². The van der Waals surface area contributed by atoms with E-state index in [4.69, 9.17) is 21.1 Å². The molecule has 0 aliphatic heterocycles. The van der Waals surface area contributed by atoms with Crippen molar-refractivity contribution in [1.29, 1.82) is 0 Å². The molecule has 1 atom stereocenters. The molecule has 0 saturated heterocycles. The Balaban J connectivity index is 2.01. The van der Waals surface area contributed by atoms with Crippen LogP contribution in [-0.2, 0) is 14.8 Å². The van der Waals surface area contributed by atoms with Gasteiger partial charge in [0.1, 0.15) is 11.5 Å². The summed E-state index contributed by atoms with van der Waals surface area (Å²) in [5, 5.41) is 3.10. The van der Waals surface area contributed by atoms with E-state index >= 15 is 0 Å². The summed E-state index contributed by atoms with van der Waals surface area (Å²) in [6.07, 6.45) is 0.347. The lowest BCUT2D eigenvalue weighted by Crippen LogP contribution is -2.30. The second-order valence-electron chi connectivity index (χ2n) is 5.82. The third kappa shape index (κ3) is 5.51. The number of halogens is 1. The molecule has 146 valence electrons. The lowest BCUT2D eigenvalue weighted by molar-refractivity contribution is -0.122. The number of amides is 1. The molecule has 0 aliphatic rings. The van der Waals surface area contributed by atoms with Crippen LogP contribution >= 0.6 is 11.6 Å². The van der Waals surface area contributed by atoms with E-state index in [-0.39, 0.29) is 5.91 Å². The molecule has 7 nitrogen and oxygen atoms in total. The second-order valence-corrected chi connectivity index (χ2v) is 8.24. The molecule has 2 rings (SSSR count). The number of hydrogen-bond donors (Lipinski definition) is 1. The van der Waals surface area contributed by atoms with Gasteiger partial charge in [0.2, 0.25) is 10.0 Å². The maximum Gasteiger partial charge on any atom is 0.265 e. The molecule has 9 heteroatoms. The van der Waals surface area contributed by atoms with Crippen molar-refractivity contribution >= 4 is 38.9 Å². The molecule has 1 N–H and O–H groups in total.